The number of carbonyl (C=O) groups is 1. The second-order valence-corrected chi connectivity index (χ2v) is 5.62. The molecule has 5 nitrogen and oxygen atoms in total. The Balaban J connectivity index is 1.47. The third kappa shape index (κ3) is 1.76. The Morgan fingerprint density at radius 3 is 3.11 bits per heavy atom. The predicted molar refractivity (Wildman–Crippen MR) is 73.2 cm³/mol. The standard InChI is InChI=1S/C14H16N4O/c19-14(16-12-6-9-5-8(12)7-15-9)13-10-3-1-2-4-11(10)17-18-13/h1-3,8-9,12,15H,4-7H2,(H,16,19). The maximum absolute atomic E-state index is 12.3. The highest BCUT2D eigenvalue weighted by molar-refractivity contribution is 6.53. The highest BCUT2D eigenvalue weighted by atomic mass is 16.2. The van der Waals surface area contributed by atoms with E-state index in [1.54, 1.807) is 0 Å². The van der Waals surface area contributed by atoms with Crippen LogP contribution in [0.5, 0.6) is 0 Å². The van der Waals surface area contributed by atoms with Gasteiger partial charge in [-0.25, -0.2) is 0 Å². The lowest BCUT2D eigenvalue weighted by Gasteiger charge is -2.23. The number of allylic oxidation sites excluding steroid dienone is 3. The van der Waals surface area contributed by atoms with Crippen LogP contribution in [0.2, 0.25) is 0 Å². The van der Waals surface area contributed by atoms with E-state index < -0.39 is 0 Å². The molecule has 2 bridgehead atoms. The van der Waals surface area contributed by atoms with Crippen LogP contribution in [0.1, 0.15) is 19.3 Å². The van der Waals surface area contributed by atoms with Gasteiger partial charge in [0, 0.05) is 30.6 Å². The van der Waals surface area contributed by atoms with Crippen LogP contribution in [0.4, 0.5) is 0 Å². The number of fused-ring (bicyclic) bond motifs is 3. The zero-order valence-corrected chi connectivity index (χ0v) is 10.6. The summed E-state index contributed by atoms with van der Waals surface area (Å²) in [5.74, 6) is 0.509. The van der Waals surface area contributed by atoms with Gasteiger partial charge in [-0.1, -0.05) is 18.2 Å². The van der Waals surface area contributed by atoms with Gasteiger partial charge in [-0.3, -0.25) is 4.79 Å². The fraction of sp³-hybridized carbons (Fsp3) is 0.500. The number of rotatable bonds is 2. The van der Waals surface area contributed by atoms with Crippen molar-refractivity contribution in [3.05, 3.63) is 23.8 Å². The third-order valence-corrected chi connectivity index (χ3v) is 4.44. The van der Waals surface area contributed by atoms with Gasteiger partial charge in [-0.15, -0.1) is 5.10 Å². The summed E-state index contributed by atoms with van der Waals surface area (Å²) in [6.07, 6.45) is 8.91. The van der Waals surface area contributed by atoms with Crippen molar-refractivity contribution in [1.82, 2.24) is 10.6 Å². The first-order valence-corrected chi connectivity index (χ1v) is 6.87. The zero-order valence-electron chi connectivity index (χ0n) is 10.6. The average Bonchev–Trinajstić information content (AvgIpc) is 3.13. The second-order valence-electron chi connectivity index (χ2n) is 5.62. The Hall–Kier alpha value is -1.75. The molecule has 1 saturated heterocycles. The molecular weight excluding hydrogens is 240 g/mol. The van der Waals surface area contributed by atoms with Crippen molar-refractivity contribution in [2.45, 2.75) is 31.3 Å². The molecule has 4 rings (SSSR count). The zero-order chi connectivity index (χ0) is 12.8. The summed E-state index contributed by atoms with van der Waals surface area (Å²) in [6, 6.07) is 0.884. The van der Waals surface area contributed by atoms with Crippen molar-refractivity contribution in [3.8, 4) is 0 Å². The lowest BCUT2D eigenvalue weighted by molar-refractivity contribution is -0.115. The molecule has 0 aromatic carbocycles. The molecule has 3 unspecified atom stereocenters. The highest BCUT2D eigenvalue weighted by Crippen LogP contribution is 2.31. The van der Waals surface area contributed by atoms with E-state index in [9.17, 15) is 4.79 Å². The van der Waals surface area contributed by atoms with Crippen LogP contribution in [0.3, 0.4) is 0 Å². The molecule has 0 aromatic rings. The first-order valence-electron chi connectivity index (χ1n) is 6.87. The fourth-order valence-corrected chi connectivity index (χ4v) is 3.44. The minimum Gasteiger partial charge on any atom is -0.348 e. The minimum atomic E-state index is -0.0714. The van der Waals surface area contributed by atoms with Gasteiger partial charge in [-0.2, -0.15) is 5.10 Å². The Morgan fingerprint density at radius 2 is 2.32 bits per heavy atom. The smallest absolute Gasteiger partial charge is 0.272 e. The monoisotopic (exact) mass is 256 g/mol. The molecule has 98 valence electrons. The highest BCUT2D eigenvalue weighted by Gasteiger charge is 2.41. The summed E-state index contributed by atoms with van der Waals surface area (Å²) >= 11 is 0. The maximum atomic E-state index is 12.3. The quantitative estimate of drug-likeness (QED) is 0.757. The van der Waals surface area contributed by atoms with E-state index in [4.69, 9.17) is 0 Å². The average molecular weight is 256 g/mol. The van der Waals surface area contributed by atoms with Crippen LogP contribution in [-0.2, 0) is 4.79 Å². The summed E-state index contributed by atoms with van der Waals surface area (Å²) < 4.78 is 0. The molecule has 2 fully saturated rings. The first-order chi connectivity index (χ1) is 9.31. The molecular formula is C14H16N4O. The topological polar surface area (TPSA) is 65.8 Å². The van der Waals surface area contributed by atoms with Crippen LogP contribution in [0.15, 0.2) is 34.0 Å². The van der Waals surface area contributed by atoms with E-state index in [1.807, 2.05) is 18.2 Å². The van der Waals surface area contributed by atoms with E-state index in [2.05, 4.69) is 20.8 Å². The first kappa shape index (κ1) is 11.1. The van der Waals surface area contributed by atoms with Gasteiger partial charge >= 0.3 is 0 Å². The van der Waals surface area contributed by atoms with Crippen LogP contribution in [0, 0.1) is 5.92 Å². The molecule has 2 aliphatic heterocycles. The van der Waals surface area contributed by atoms with Crippen molar-refractivity contribution in [2.24, 2.45) is 16.1 Å². The Morgan fingerprint density at radius 1 is 1.37 bits per heavy atom. The molecule has 1 saturated carbocycles. The fourth-order valence-electron chi connectivity index (χ4n) is 3.44. The number of hydrogen-bond donors (Lipinski definition) is 2. The number of carbonyl (C=O) groups excluding carboxylic acids is 1. The predicted octanol–water partition coefficient (Wildman–Crippen LogP) is 0.550. The molecule has 0 radical (unpaired) electrons. The molecule has 3 atom stereocenters. The van der Waals surface area contributed by atoms with Gasteiger partial charge in [0.1, 0.15) is 0 Å². The Bertz CT molecular complexity index is 558. The van der Waals surface area contributed by atoms with Gasteiger partial charge in [0.2, 0.25) is 0 Å². The SMILES string of the molecule is O=C(NC1CC2CC1CN2)C1=NN=C2CC=CC=C21. The van der Waals surface area contributed by atoms with Gasteiger partial charge in [0.15, 0.2) is 5.71 Å². The van der Waals surface area contributed by atoms with E-state index in [1.165, 1.54) is 6.42 Å². The molecule has 4 aliphatic rings. The van der Waals surface area contributed by atoms with Crippen LogP contribution >= 0.6 is 0 Å². The third-order valence-electron chi connectivity index (χ3n) is 4.44. The Labute approximate surface area is 111 Å². The summed E-state index contributed by atoms with van der Waals surface area (Å²) in [6.45, 7) is 1.02. The summed E-state index contributed by atoms with van der Waals surface area (Å²) in [7, 11) is 0. The summed E-state index contributed by atoms with van der Waals surface area (Å²) in [5, 5.41) is 14.7. The number of hydrogen-bond acceptors (Lipinski definition) is 4. The van der Waals surface area contributed by atoms with Gasteiger partial charge in [-0.05, 0) is 18.8 Å². The molecule has 5 heteroatoms. The van der Waals surface area contributed by atoms with Crippen LogP contribution in [-0.4, -0.2) is 36.0 Å². The Kier molecular flexibility index (Phi) is 2.41. The van der Waals surface area contributed by atoms with Crippen LogP contribution < -0.4 is 10.6 Å². The lowest BCUT2D eigenvalue weighted by Crippen LogP contribution is -2.46. The normalized spacial score (nSPS) is 34.7. The van der Waals surface area contributed by atoms with E-state index >= 15 is 0 Å². The molecule has 19 heavy (non-hydrogen) atoms. The van der Waals surface area contributed by atoms with Crippen molar-refractivity contribution >= 4 is 17.3 Å². The number of amides is 1. The van der Waals surface area contributed by atoms with Gasteiger partial charge in [0.05, 0.1) is 5.71 Å². The minimum absolute atomic E-state index is 0.0714. The van der Waals surface area contributed by atoms with E-state index in [0.29, 0.717) is 23.7 Å². The van der Waals surface area contributed by atoms with Crippen molar-refractivity contribution < 1.29 is 4.79 Å². The molecule has 2 aliphatic carbocycles. The van der Waals surface area contributed by atoms with Gasteiger partial charge in [0.25, 0.3) is 5.91 Å². The van der Waals surface area contributed by atoms with E-state index in [0.717, 1.165) is 30.7 Å². The molecule has 0 spiro atoms. The second kappa shape index (κ2) is 4.13. The maximum Gasteiger partial charge on any atom is 0.272 e. The van der Waals surface area contributed by atoms with E-state index in [-0.39, 0.29) is 5.91 Å². The molecule has 2 N–H and O–H groups in total. The van der Waals surface area contributed by atoms with Crippen LogP contribution in [0.25, 0.3) is 0 Å². The summed E-state index contributed by atoms with van der Waals surface area (Å²) in [5.41, 5.74) is 2.28. The van der Waals surface area contributed by atoms with Crippen molar-refractivity contribution in [3.63, 3.8) is 0 Å². The number of nitrogens with one attached hydrogen (secondary N) is 2. The van der Waals surface area contributed by atoms with Crippen molar-refractivity contribution in [2.75, 3.05) is 6.54 Å². The molecule has 0 aromatic heterocycles. The van der Waals surface area contributed by atoms with Crippen molar-refractivity contribution in [1.29, 1.82) is 0 Å². The number of piperidine rings is 1. The largest absolute Gasteiger partial charge is 0.348 e. The number of nitrogens with zero attached hydrogens (tertiary/aromatic N) is 2. The molecule has 1 amide bonds. The van der Waals surface area contributed by atoms with Gasteiger partial charge < -0.3 is 10.6 Å². The summed E-state index contributed by atoms with van der Waals surface area (Å²) in [4.78, 5) is 12.3. The molecule has 2 heterocycles. The lowest BCUT2D eigenvalue weighted by atomic mass is 9.97.